The van der Waals surface area contributed by atoms with Gasteiger partial charge >= 0.3 is 5.69 Å². The maximum absolute atomic E-state index is 13.8. The number of aromatic amines is 1. The molecule has 0 radical (unpaired) electrons. The fraction of sp³-hybridized carbons (Fsp3) is 0.704. The third-order valence-electron chi connectivity index (χ3n) is 7.46. The third kappa shape index (κ3) is 5.85. The predicted octanol–water partition coefficient (Wildman–Crippen LogP) is 3.59. The first-order valence-electron chi connectivity index (χ1n) is 13.4. The average molecular weight is 484 g/mol. The summed E-state index contributed by atoms with van der Waals surface area (Å²) in [6.45, 7) is 12.8. The molecular weight excluding hydrogens is 442 g/mol. The number of aromatic nitrogens is 3. The van der Waals surface area contributed by atoms with Crippen LogP contribution in [0.4, 0.5) is 0 Å². The molecule has 2 aliphatic rings. The predicted molar refractivity (Wildman–Crippen MR) is 139 cm³/mol. The van der Waals surface area contributed by atoms with Crippen molar-refractivity contribution in [3.05, 3.63) is 38.2 Å². The maximum atomic E-state index is 13.8. The number of pyridine rings is 1. The lowest BCUT2D eigenvalue weighted by atomic mass is 9.89. The van der Waals surface area contributed by atoms with E-state index < -0.39 is 11.2 Å². The van der Waals surface area contributed by atoms with Gasteiger partial charge in [0.05, 0.1) is 10.9 Å². The molecule has 0 bridgehead atoms. The molecule has 192 valence electrons. The highest BCUT2D eigenvalue weighted by atomic mass is 16.2. The minimum atomic E-state index is -0.537. The van der Waals surface area contributed by atoms with Crippen LogP contribution < -0.4 is 11.2 Å². The summed E-state index contributed by atoms with van der Waals surface area (Å²) in [7, 11) is 0. The largest absolute Gasteiger partial charge is 0.337 e. The molecule has 2 aromatic heterocycles. The lowest BCUT2D eigenvalue weighted by Gasteiger charge is -2.29. The van der Waals surface area contributed by atoms with Crippen LogP contribution in [0.3, 0.4) is 0 Å². The molecule has 0 unspecified atom stereocenters. The molecule has 1 amide bonds. The zero-order chi connectivity index (χ0) is 25.1. The third-order valence-corrected chi connectivity index (χ3v) is 7.46. The van der Waals surface area contributed by atoms with E-state index in [0.29, 0.717) is 30.8 Å². The number of nitrogens with zero attached hydrogens (tertiary/aromatic N) is 4. The minimum absolute atomic E-state index is 0.0583. The molecule has 1 N–H and O–H groups in total. The highest BCUT2D eigenvalue weighted by molar-refractivity contribution is 6.05. The van der Waals surface area contributed by atoms with Crippen LogP contribution in [0.25, 0.3) is 11.0 Å². The molecule has 35 heavy (non-hydrogen) atoms. The van der Waals surface area contributed by atoms with Crippen molar-refractivity contribution in [3.63, 3.8) is 0 Å². The Morgan fingerprint density at radius 2 is 1.77 bits per heavy atom. The van der Waals surface area contributed by atoms with Crippen LogP contribution in [-0.2, 0) is 6.54 Å². The van der Waals surface area contributed by atoms with E-state index in [1.807, 2.05) is 32.6 Å². The summed E-state index contributed by atoms with van der Waals surface area (Å²) >= 11 is 0. The van der Waals surface area contributed by atoms with Crippen molar-refractivity contribution >= 4 is 16.9 Å². The molecule has 2 fully saturated rings. The highest BCUT2D eigenvalue weighted by Crippen LogP contribution is 2.25. The second kappa shape index (κ2) is 11.1. The topological polar surface area (TPSA) is 91.3 Å². The molecule has 3 heterocycles. The molecule has 1 aliphatic carbocycles. The summed E-state index contributed by atoms with van der Waals surface area (Å²) in [4.78, 5) is 51.0. The number of hydrogen-bond acceptors (Lipinski definition) is 5. The van der Waals surface area contributed by atoms with Gasteiger partial charge in [0.15, 0.2) is 5.65 Å². The quantitative estimate of drug-likeness (QED) is 0.678. The van der Waals surface area contributed by atoms with Gasteiger partial charge in [0.2, 0.25) is 0 Å². The fourth-order valence-corrected chi connectivity index (χ4v) is 5.55. The number of amides is 1. The van der Waals surface area contributed by atoms with Gasteiger partial charge in [-0.2, -0.15) is 0 Å². The molecule has 0 spiro atoms. The van der Waals surface area contributed by atoms with Crippen molar-refractivity contribution in [1.82, 2.24) is 24.3 Å². The van der Waals surface area contributed by atoms with Crippen molar-refractivity contribution in [1.29, 1.82) is 0 Å². The lowest BCUT2D eigenvalue weighted by molar-refractivity contribution is 0.0761. The minimum Gasteiger partial charge on any atom is -0.337 e. The Morgan fingerprint density at radius 1 is 1.03 bits per heavy atom. The first-order chi connectivity index (χ1) is 16.7. The maximum Gasteiger partial charge on any atom is 0.330 e. The molecule has 8 nitrogen and oxygen atoms in total. The summed E-state index contributed by atoms with van der Waals surface area (Å²) in [5.41, 5.74) is 0.382. The van der Waals surface area contributed by atoms with Gasteiger partial charge < -0.3 is 9.80 Å². The van der Waals surface area contributed by atoms with Crippen LogP contribution in [0, 0.1) is 11.8 Å². The van der Waals surface area contributed by atoms with Crippen LogP contribution >= 0.6 is 0 Å². The Labute approximate surface area is 207 Å². The van der Waals surface area contributed by atoms with E-state index in [2.05, 4.69) is 9.88 Å². The molecule has 1 saturated carbocycles. The number of fused-ring (bicyclic) bond motifs is 1. The molecule has 1 aliphatic heterocycles. The summed E-state index contributed by atoms with van der Waals surface area (Å²) in [6, 6.07) is 1.76. The van der Waals surface area contributed by atoms with Crippen molar-refractivity contribution in [3.8, 4) is 0 Å². The average Bonchev–Trinajstić information content (AvgIpc) is 3.06. The summed E-state index contributed by atoms with van der Waals surface area (Å²) in [6.07, 6.45) is 7.61. The second-order valence-corrected chi connectivity index (χ2v) is 11.2. The summed E-state index contributed by atoms with van der Waals surface area (Å²) < 4.78 is 1.51. The number of carbonyl (C=O) groups excluding carboxylic acids is 1. The molecule has 0 aromatic carbocycles. The monoisotopic (exact) mass is 483 g/mol. The number of rotatable bonds is 6. The number of nitrogens with one attached hydrogen (secondary N) is 1. The van der Waals surface area contributed by atoms with E-state index in [1.54, 1.807) is 6.07 Å². The van der Waals surface area contributed by atoms with Gasteiger partial charge in [-0.15, -0.1) is 0 Å². The molecule has 8 heteroatoms. The van der Waals surface area contributed by atoms with Crippen molar-refractivity contribution < 1.29 is 4.79 Å². The molecule has 0 atom stereocenters. The van der Waals surface area contributed by atoms with Crippen LogP contribution in [0.15, 0.2) is 15.7 Å². The Bertz CT molecular complexity index is 1160. The Morgan fingerprint density at radius 3 is 2.46 bits per heavy atom. The van der Waals surface area contributed by atoms with Crippen LogP contribution in [0.2, 0.25) is 0 Å². The van der Waals surface area contributed by atoms with E-state index >= 15 is 0 Å². The first kappa shape index (κ1) is 25.6. The fourth-order valence-electron chi connectivity index (χ4n) is 5.55. The zero-order valence-electron chi connectivity index (χ0n) is 21.8. The second-order valence-electron chi connectivity index (χ2n) is 11.2. The molecule has 2 aromatic rings. The molecular formula is C27H41N5O3. The van der Waals surface area contributed by atoms with E-state index in [9.17, 15) is 14.4 Å². The standard InChI is InChI=1S/C27H41N5O3/c1-18(2)16-32-24-23(25(33)29-27(32)35)21(15-22(28-24)19(3)4)26(34)31-12-8-11-30(13-14-31)17-20-9-6-5-7-10-20/h15,18-20H,5-14,16-17H2,1-4H3,(H,29,33,35). The van der Waals surface area contributed by atoms with E-state index in [1.165, 1.54) is 36.7 Å². The summed E-state index contributed by atoms with van der Waals surface area (Å²) in [5.74, 6) is 0.883. The van der Waals surface area contributed by atoms with E-state index in [4.69, 9.17) is 4.98 Å². The van der Waals surface area contributed by atoms with Crippen molar-refractivity contribution in [2.24, 2.45) is 11.8 Å². The SMILES string of the molecule is CC(C)Cn1c(=O)[nH]c(=O)c2c(C(=O)N3CCCN(CC4CCCCC4)CC3)cc(C(C)C)nc21. The van der Waals surface area contributed by atoms with Gasteiger partial charge in [-0.25, -0.2) is 9.78 Å². The van der Waals surface area contributed by atoms with Crippen LogP contribution in [0.1, 0.15) is 88.2 Å². The Hall–Kier alpha value is -2.48. The zero-order valence-corrected chi connectivity index (χ0v) is 21.8. The smallest absolute Gasteiger partial charge is 0.330 e. The number of H-pyrrole nitrogens is 1. The molecule has 1 saturated heterocycles. The van der Waals surface area contributed by atoms with Gasteiger partial charge in [0.1, 0.15) is 0 Å². The normalized spacial score (nSPS) is 18.5. The van der Waals surface area contributed by atoms with Gasteiger partial charge in [0.25, 0.3) is 11.5 Å². The van der Waals surface area contributed by atoms with Gasteiger partial charge in [-0.3, -0.25) is 19.1 Å². The van der Waals surface area contributed by atoms with E-state index in [-0.39, 0.29) is 23.1 Å². The number of hydrogen-bond donors (Lipinski definition) is 1. The summed E-state index contributed by atoms with van der Waals surface area (Å²) in [5, 5.41) is 0.225. The van der Waals surface area contributed by atoms with Crippen molar-refractivity contribution in [2.75, 3.05) is 32.7 Å². The van der Waals surface area contributed by atoms with E-state index in [0.717, 1.165) is 37.7 Å². The lowest BCUT2D eigenvalue weighted by Crippen LogP contribution is -2.38. The van der Waals surface area contributed by atoms with Crippen molar-refractivity contribution in [2.45, 2.75) is 78.7 Å². The van der Waals surface area contributed by atoms with Crippen LogP contribution in [0.5, 0.6) is 0 Å². The first-order valence-corrected chi connectivity index (χ1v) is 13.4. The van der Waals surface area contributed by atoms with Gasteiger partial charge in [-0.05, 0) is 49.6 Å². The van der Waals surface area contributed by atoms with Crippen LogP contribution in [-0.4, -0.2) is 63.0 Å². The Balaban J connectivity index is 1.66. The molecule has 4 rings (SSSR count). The van der Waals surface area contributed by atoms with Gasteiger partial charge in [0, 0.05) is 38.4 Å². The van der Waals surface area contributed by atoms with Gasteiger partial charge in [-0.1, -0.05) is 47.0 Å². The highest BCUT2D eigenvalue weighted by Gasteiger charge is 2.27. The Kier molecular flexibility index (Phi) is 8.09. The number of carbonyl (C=O) groups is 1.